The number of carbonyl (C=O) groups is 1. The Morgan fingerprint density at radius 2 is 1.94 bits per heavy atom. The Bertz CT molecular complexity index is 210. The van der Waals surface area contributed by atoms with Crippen LogP contribution >= 0.6 is 0 Å². The molecule has 0 aromatic carbocycles. The van der Waals surface area contributed by atoms with Gasteiger partial charge in [-0.1, -0.05) is 0 Å². The summed E-state index contributed by atoms with van der Waals surface area (Å²) in [4.78, 5) is 11.4. The molecule has 16 heavy (non-hydrogen) atoms. The van der Waals surface area contributed by atoms with Crippen molar-refractivity contribution >= 4 is 5.97 Å². The van der Waals surface area contributed by atoms with Crippen LogP contribution in [-0.4, -0.2) is 44.8 Å². The van der Waals surface area contributed by atoms with Crippen LogP contribution in [0.25, 0.3) is 0 Å². The summed E-state index contributed by atoms with van der Waals surface area (Å²) in [5.74, 6) is -1.26. The van der Waals surface area contributed by atoms with E-state index in [-0.39, 0.29) is 19.0 Å². The topological polar surface area (TPSA) is 54.0 Å². The Kier molecular flexibility index (Phi) is 5.73. The van der Waals surface area contributed by atoms with Crippen LogP contribution in [0.2, 0.25) is 0 Å². The number of rotatable bonds is 6. The first-order valence-electron chi connectivity index (χ1n) is 5.73. The minimum absolute atomic E-state index is 0.0842. The first-order chi connectivity index (χ1) is 7.72. The van der Waals surface area contributed by atoms with Gasteiger partial charge in [-0.25, -0.2) is 0 Å². The van der Waals surface area contributed by atoms with E-state index in [4.69, 9.17) is 18.9 Å². The van der Waals surface area contributed by atoms with Crippen molar-refractivity contribution in [3.05, 3.63) is 0 Å². The van der Waals surface area contributed by atoms with Gasteiger partial charge in [0.1, 0.15) is 13.0 Å². The minimum atomic E-state index is -0.944. The van der Waals surface area contributed by atoms with Crippen molar-refractivity contribution in [2.45, 2.75) is 32.5 Å². The SMILES string of the molecule is CCOCC1(CC(=O)OCC)OCCCO1. The van der Waals surface area contributed by atoms with Gasteiger partial charge in [-0.15, -0.1) is 0 Å². The zero-order valence-corrected chi connectivity index (χ0v) is 9.99. The maximum atomic E-state index is 11.4. The molecule has 5 heteroatoms. The van der Waals surface area contributed by atoms with E-state index < -0.39 is 5.79 Å². The Morgan fingerprint density at radius 1 is 1.25 bits per heavy atom. The predicted molar refractivity (Wildman–Crippen MR) is 57.0 cm³/mol. The number of carbonyl (C=O) groups excluding carboxylic acids is 1. The van der Waals surface area contributed by atoms with Crippen molar-refractivity contribution < 1.29 is 23.7 Å². The average molecular weight is 232 g/mol. The van der Waals surface area contributed by atoms with Crippen LogP contribution in [0.4, 0.5) is 0 Å². The summed E-state index contributed by atoms with van der Waals surface area (Å²) in [7, 11) is 0. The molecule has 1 fully saturated rings. The molecule has 0 bridgehead atoms. The summed E-state index contributed by atoms with van der Waals surface area (Å²) in [5.41, 5.74) is 0. The van der Waals surface area contributed by atoms with Crippen LogP contribution in [0, 0.1) is 0 Å². The molecule has 0 aliphatic carbocycles. The van der Waals surface area contributed by atoms with Crippen molar-refractivity contribution in [2.75, 3.05) is 33.0 Å². The van der Waals surface area contributed by atoms with Crippen LogP contribution in [0.5, 0.6) is 0 Å². The fraction of sp³-hybridized carbons (Fsp3) is 0.909. The van der Waals surface area contributed by atoms with E-state index in [2.05, 4.69) is 0 Å². The number of ether oxygens (including phenoxy) is 4. The molecular weight excluding hydrogens is 212 g/mol. The van der Waals surface area contributed by atoms with E-state index in [1.807, 2.05) is 6.92 Å². The van der Waals surface area contributed by atoms with Crippen molar-refractivity contribution in [3.63, 3.8) is 0 Å². The Balaban J connectivity index is 2.51. The first-order valence-corrected chi connectivity index (χ1v) is 5.73. The highest BCUT2D eigenvalue weighted by Crippen LogP contribution is 2.24. The lowest BCUT2D eigenvalue weighted by Crippen LogP contribution is -2.46. The van der Waals surface area contributed by atoms with Gasteiger partial charge >= 0.3 is 5.97 Å². The normalized spacial score (nSPS) is 19.4. The van der Waals surface area contributed by atoms with Crippen molar-refractivity contribution in [2.24, 2.45) is 0 Å². The molecule has 1 aliphatic heterocycles. The summed E-state index contributed by atoms with van der Waals surface area (Å²) >= 11 is 0. The third kappa shape index (κ3) is 4.08. The van der Waals surface area contributed by atoms with E-state index in [0.29, 0.717) is 26.4 Å². The van der Waals surface area contributed by atoms with Crippen molar-refractivity contribution in [1.29, 1.82) is 0 Å². The molecule has 0 saturated carbocycles. The molecule has 1 saturated heterocycles. The van der Waals surface area contributed by atoms with Gasteiger partial charge < -0.3 is 18.9 Å². The number of hydrogen-bond donors (Lipinski definition) is 0. The molecule has 0 atom stereocenters. The zero-order valence-electron chi connectivity index (χ0n) is 9.99. The van der Waals surface area contributed by atoms with E-state index in [1.165, 1.54) is 0 Å². The lowest BCUT2D eigenvalue weighted by Gasteiger charge is -2.35. The monoisotopic (exact) mass is 232 g/mol. The molecule has 0 amide bonds. The van der Waals surface area contributed by atoms with E-state index in [1.54, 1.807) is 6.92 Å². The Hall–Kier alpha value is -0.650. The summed E-state index contributed by atoms with van der Waals surface area (Å²) in [6.45, 7) is 6.04. The molecule has 5 nitrogen and oxygen atoms in total. The second-order valence-corrected chi connectivity index (χ2v) is 3.58. The summed E-state index contributed by atoms with van der Waals surface area (Å²) in [5, 5.41) is 0. The van der Waals surface area contributed by atoms with Gasteiger partial charge in [0.15, 0.2) is 0 Å². The summed E-state index contributed by atoms with van der Waals surface area (Å²) < 4.78 is 21.3. The highest BCUT2D eigenvalue weighted by molar-refractivity contribution is 5.70. The van der Waals surface area contributed by atoms with Gasteiger partial charge in [-0.05, 0) is 20.3 Å². The molecular formula is C11H20O5. The molecule has 0 unspecified atom stereocenters. The summed E-state index contributed by atoms with van der Waals surface area (Å²) in [6.07, 6.45) is 0.928. The van der Waals surface area contributed by atoms with Gasteiger partial charge in [0.25, 0.3) is 0 Å². The number of esters is 1. The van der Waals surface area contributed by atoms with Gasteiger partial charge in [0.2, 0.25) is 5.79 Å². The predicted octanol–water partition coefficient (Wildman–Crippen LogP) is 1.11. The average Bonchev–Trinajstić information content (AvgIpc) is 2.28. The fourth-order valence-corrected chi connectivity index (χ4v) is 1.54. The van der Waals surface area contributed by atoms with Gasteiger partial charge in [0, 0.05) is 6.61 Å². The summed E-state index contributed by atoms with van der Waals surface area (Å²) in [6, 6.07) is 0. The fourth-order valence-electron chi connectivity index (χ4n) is 1.54. The Morgan fingerprint density at radius 3 is 2.50 bits per heavy atom. The molecule has 1 rings (SSSR count). The molecule has 0 N–H and O–H groups in total. The Labute approximate surface area is 96.0 Å². The third-order valence-electron chi connectivity index (χ3n) is 2.26. The molecule has 94 valence electrons. The van der Waals surface area contributed by atoms with Gasteiger partial charge in [-0.3, -0.25) is 4.79 Å². The van der Waals surface area contributed by atoms with Crippen LogP contribution in [0.15, 0.2) is 0 Å². The standard InChI is InChI=1S/C11H20O5/c1-3-13-9-11(8-10(12)14-4-2)15-6-5-7-16-11/h3-9H2,1-2H3. The third-order valence-corrected chi connectivity index (χ3v) is 2.26. The molecule has 0 spiro atoms. The van der Waals surface area contributed by atoms with Crippen molar-refractivity contribution in [3.8, 4) is 0 Å². The number of hydrogen-bond acceptors (Lipinski definition) is 5. The van der Waals surface area contributed by atoms with Crippen LogP contribution in [-0.2, 0) is 23.7 Å². The van der Waals surface area contributed by atoms with Crippen LogP contribution in [0.1, 0.15) is 26.7 Å². The molecule has 1 aliphatic rings. The van der Waals surface area contributed by atoms with E-state index in [0.717, 1.165) is 6.42 Å². The lowest BCUT2D eigenvalue weighted by atomic mass is 10.2. The van der Waals surface area contributed by atoms with Crippen LogP contribution < -0.4 is 0 Å². The zero-order chi connectivity index (χ0) is 11.9. The van der Waals surface area contributed by atoms with Crippen LogP contribution in [0.3, 0.4) is 0 Å². The highest BCUT2D eigenvalue weighted by Gasteiger charge is 2.38. The van der Waals surface area contributed by atoms with Gasteiger partial charge in [-0.2, -0.15) is 0 Å². The van der Waals surface area contributed by atoms with E-state index in [9.17, 15) is 4.79 Å². The molecule has 1 heterocycles. The quantitative estimate of drug-likeness (QED) is 0.642. The van der Waals surface area contributed by atoms with E-state index >= 15 is 0 Å². The maximum Gasteiger partial charge on any atom is 0.311 e. The van der Waals surface area contributed by atoms with Gasteiger partial charge in [0.05, 0.1) is 19.8 Å². The highest BCUT2D eigenvalue weighted by atomic mass is 16.7. The second kappa shape index (κ2) is 6.83. The molecule has 0 aromatic heterocycles. The lowest BCUT2D eigenvalue weighted by molar-refractivity contribution is -0.288. The van der Waals surface area contributed by atoms with Crippen molar-refractivity contribution in [1.82, 2.24) is 0 Å². The maximum absolute atomic E-state index is 11.4. The molecule has 0 aromatic rings. The second-order valence-electron chi connectivity index (χ2n) is 3.58. The largest absolute Gasteiger partial charge is 0.466 e. The molecule has 0 radical (unpaired) electrons. The minimum Gasteiger partial charge on any atom is -0.466 e. The first kappa shape index (κ1) is 13.4. The smallest absolute Gasteiger partial charge is 0.311 e.